The van der Waals surface area contributed by atoms with E-state index in [1.165, 1.54) is 10.6 Å². The largest absolute Gasteiger partial charge is 0.394 e. The van der Waals surface area contributed by atoms with Crippen LogP contribution in [0.3, 0.4) is 0 Å². The monoisotopic (exact) mass is 456 g/mol. The molecule has 3 aromatic heterocycles. The first kappa shape index (κ1) is 21.5. The molecule has 1 saturated heterocycles. The Balaban J connectivity index is 1.52. The SMILES string of the molecule is C[C@@H]1C[C@@H](c2nc3c4cc(F)cc(F)c4nc(N)n3n2)CN(c2cnn(C(C)(C)CO)c2)C1. The van der Waals surface area contributed by atoms with E-state index >= 15 is 0 Å². The van der Waals surface area contributed by atoms with E-state index in [1.54, 1.807) is 10.9 Å². The van der Waals surface area contributed by atoms with Crippen molar-refractivity contribution in [2.45, 2.75) is 38.6 Å². The number of anilines is 2. The quantitative estimate of drug-likeness (QED) is 0.486. The normalized spacial score (nSPS) is 19.6. The fourth-order valence-electron chi connectivity index (χ4n) is 4.48. The van der Waals surface area contributed by atoms with Gasteiger partial charge in [0.25, 0.3) is 0 Å². The van der Waals surface area contributed by atoms with Gasteiger partial charge in [0, 0.05) is 31.3 Å². The molecule has 33 heavy (non-hydrogen) atoms. The Morgan fingerprint density at radius 1 is 1.21 bits per heavy atom. The molecule has 1 aliphatic heterocycles. The third-order valence-corrected chi connectivity index (χ3v) is 6.30. The molecule has 0 saturated carbocycles. The molecule has 9 nitrogen and oxygen atoms in total. The molecule has 5 rings (SSSR count). The van der Waals surface area contributed by atoms with Crippen LogP contribution in [-0.2, 0) is 5.54 Å². The Morgan fingerprint density at radius 3 is 2.76 bits per heavy atom. The summed E-state index contributed by atoms with van der Waals surface area (Å²) in [6.07, 6.45) is 4.59. The summed E-state index contributed by atoms with van der Waals surface area (Å²) >= 11 is 0. The van der Waals surface area contributed by atoms with Gasteiger partial charge in [-0.3, -0.25) is 4.68 Å². The number of hydrogen-bond donors (Lipinski definition) is 2. The molecule has 11 heteroatoms. The fraction of sp³-hybridized carbons (Fsp3) is 0.455. The number of halogens is 2. The van der Waals surface area contributed by atoms with Gasteiger partial charge in [-0.05, 0) is 32.3 Å². The molecule has 0 bridgehead atoms. The van der Waals surface area contributed by atoms with Crippen molar-refractivity contribution in [3.05, 3.63) is 42.0 Å². The van der Waals surface area contributed by atoms with Crippen molar-refractivity contribution >= 4 is 28.2 Å². The summed E-state index contributed by atoms with van der Waals surface area (Å²) in [5, 5.41) is 18.9. The fourth-order valence-corrected chi connectivity index (χ4v) is 4.48. The highest BCUT2D eigenvalue weighted by atomic mass is 19.1. The zero-order valence-electron chi connectivity index (χ0n) is 18.7. The van der Waals surface area contributed by atoms with Gasteiger partial charge in [-0.15, -0.1) is 5.10 Å². The molecule has 1 aliphatic rings. The van der Waals surface area contributed by atoms with Gasteiger partial charge in [0.05, 0.1) is 29.4 Å². The van der Waals surface area contributed by atoms with E-state index in [2.05, 4.69) is 32.0 Å². The molecule has 2 atom stereocenters. The summed E-state index contributed by atoms with van der Waals surface area (Å²) in [5.41, 5.74) is 6.73. The van der Waals surface area contributed by atoms with Gasteiger partial charge in [0.2, 0.25) is 5.95 Å². The van der Waals surface area contributed by atoms with Crippen LogP contribution in [0.15, 0.2) is 24.5 Å². The van der Waals surface area contributed by atoms with Gasteiger partial charge >= 0.3 is 0 Å². The Bertz CT molecular complexity index is 1350. The number of rotatable bonds is 4. The first-order valence-corrected chi connectivity index (χ1v) is 10.9. The lowest BCUT2D eigenvalue weighted by Crippen LogP contribution is -2.39. The molecule has 174 valence electrons. The highest BCUT2D eigenvalue weighted by molar-refractivity contribution is 5.92. The third kappa shape index (κ3) is 3.65. The van der Waals surface area contributed by atoms with Crippen LogP contribution in [0.2, 0.25) is 0 Å². The zero-order valence-corrected chi connectivity index (χ0v) is 18.7. The average molecular weight is 457 g/mol. The molecule has 0 amide bonds. The van der Waals surface area contributed by atoms with Crippen LogP contribution in [0.1, 0.15) is 38.9 Å². The van der Waals surface area contributed by atoms with Gasteiger partial charge in [-0.25, -0.2) is 18.7 Å². The predicted molar refractivity (Wildman–Crippen MR) is 120 cm³/mol. The summed E-state index contributed by atoms with van der Waals surface area (Å²) in [6.45, 7) is 7.47. The van der Waals surface area contributed by atoms with Crippen molar-refractivity contribution in [2.24, 2.45) is 5.92 Å². The highest BCUT2D eigenvalue weighted by Crippen LogP contribution is 2.33. The Morgan fingerprint density at radius 2 is 2.00 bits per heavy atom. The van der Waals surface area contributed by atoms with E-state index in [4.69, 9.17) is 5.73 Å². The summed E-state index contributed by atoms with van der Waals surface area (Å²) < 4.78 is 31.3. The molecular weight excluding hydrogens is 430 g/mol. The lowest BCUT2D eigenvalue weighted by atomic mass is 9.89. The molecule has 0 unspecified atom stereocenters. The summed E-state index contributed by atoms with van der Waals surface area (Å²) in [7, 11) is 0. The van der Waals surface area contributed by atoms with Crippen LogP contribution >= 0.6 is 0 Å². The lowest BCUT2D eigenvalue weighted by molar-refractivity contribution is 0.152. The number of piperidine rings is 1. The van der Waals surface area contributed by atoms with E-state index in [1.807, 2.05) is 20.0 Å². The molecule has 0 spiro atoms. The minimum Gasteiger partial charge on any atom is -0.394 e. The van der Waals surface area contributed by atoms with Crippen molar-refractivity contribution in [3.63, 3.8) is 0 Å². The molecule has 0 radical (unpaired) electrons. The van der Waals surface area contributed by atoms with Crippen molar-refractivity contribution in [3.8, 4) is 0 Å². The number of fused-ring (bicyclic) bond motifs is 3. The van der Waals surface area contributed by atoms with Crippen LogP contribution in [0.25, 0.3) is 16.6 Å². The van der Waals surface area contributed by atoms with Gasteiger partial charge in [-0.1, -0.05) is 6.92 Å². The molecule has 0 aliphatic carbocycles. The Hall–Kier alpha value is -3.34. The zero-order chi connectivity index (χ0) is 23.5. The second kappa shape index (κ2) is 7.62. The predicted octanol–water partition coefficient (Wildman–Crippen LogP) is 2.69. The van der Waals surface area contributed by atoms with Crippen molar-refractivity contribution in [1.29, 1.82) is 0 Å². The van der Waals surface area contributed by atoms with Crippen LogP contribution in [0.4, 0.5) is 20.4 Å². The number of nitrogen functional groups attached to an aromatic ring is 1. The second-order valence-corrected chi connectivity index (χ2v) is 9.52. The molecular formula is C22H26F2N8O. The average Bonchev–Trinajstić information content (AvgIpc) is 3.43. The third-order valence-electron chi connectivity index (χ3n) is 6.30. The molecule has 4 aromatic rings. The van der Waals surface area contributed by atoms with Gasteiger partial charge in [0.1, 0.15) is 11.3 Å². The summed E-state index contributed by atoms with van der Waals surface area (Å²) in [4.78, 5) is 10.9. The number of nitrogens with two attached hydrogens (primary N) is 1. The van der Waals surface area contributed by atoms with Crippen molar-refractivity contribution < 1.29 is 13.9 Å². The number of nitrogens with zero attached hydrogens (tertiary/aromatic N) is 7. The van der Waals surface area contributed by atoms with E-state index in [0.29, 0.717) is 18.3 Å². The maximum atomic E-state index is 14.3. The van der Waals surface area contributed by atoms with E-state index in [0.717, 1.165) is 24.7 Å². The van der Waals surface area contributed by atoms with Crippen LogP contribution in [-0.4, -0.2) is 54.2 Å². The second-order valence-electron chi connectivity index (χ2n) is 9.52. The van der Waals surface area contributed by atoms with Crippen LogP contribution in [0.5, 0.6) is 0 Å². The first-order chi connectivity index (χ1) is 15.7. The number of hydrogen-bond acceptors (Lipinski definition) is 7. The van der Waals surface area contributed by atoms with E-state index in [-0.39, 0.29) is 35.0 Å². The van der Waals surface area contributed by atoms with Gasteiger partial charge in [-0.2, -0.15) is 9.61 Å². The van der Waals surface area contributed by atoms with Crippen molar-refractivity contribution in [1.82, 2.24) is 29.4 Å². The Labute approximate surface area is 188 Å². The Kier molecular flexibility index (Phi) is 4.96. The molecule has 4 heterocycles. The molecule has 1 fully saturated rings. The van der Waals surface area contributed by atoms with Crippen LogP contribution in [0, 0.1) is 17.6 Å². The van der Waals surface area contributed by atoms with Crippen LogP contribution < -0.4 is 10.6 Å². The smallest absolute Gasteiger partial charge is 0.223 e. The minimum atomic E-state index is -0.788. The lowest BCUT2D eigenvalue weighted by Gasteiger charge is -2.36. The molecule has 1 aromatic carbocycles. The minimum absolute atomic E-state index is 0.00464. The van der Waals surface area contributed by atoms with Gasteiger partial charge < -0.3 is 15.7 Å². The topological polar surface area (TPSA) is 110 Å². The maximum absolute atomic E-state index is 14.3. The first-order valence-electron chi connectivity index (χ1n) is 10.9. The van der Waals surface area contributed by atoms with Crippen molar-refractivity contribution in [2.75, 3.05) is 30.3 Å². The number of aliphatic hydroxyl groups is 1. The van der Waals surface area contributed by atoms with E-state index < -0.39 is 17.2 Å². The number of aliphatic hydroxyl groups excluding tert-OH is 1. The number of aromatic nitrogens is 6. The summed E-state index contributed by atoms with van der Waals surface area (Å²) in [6, 6.07) is 1.98. The molecule has 3 N–H and O–H groups in total. The summed E-state index contributed by atoms with van der Waals surface area (Å²) in [5.74, 6) is -0.611. The standard InChI is InChI=1S/C22H26F2N8O/c1-12-4-13(9-30(8-12)15-7-26-31(10-15)22(2,3)11-33)19-28-20-16-5-14(23)6-17(24)18(16)27-21(25)32(20)29-19/h5-7,10,12-13,33H,4,8-9,11H2,1-3H3,(H2,25,27)/t12-,13-/m1/s1. The van der Waals surface area contributed by atoms with Gasteiger partial charge in [0.15, 0.2) is 17.3 Å². The number of benzene rings is 1. The van der Waals surface area contributed by atoms with E-state index in [9.17, 15) is 13.9 Å². The maximum Gasteiger partial charge on any atom is 0.223 e. The highest BCUT2D eigenvalue weighted by Gasteiger charge is 2.31.